The highest BCUT2D eigenvalue weighted by Gasteiger charge is 2.30. The predicted molar refractivity (Wildman–Crippen MR) is 122 cm³/mol. The average molecular weight is 469 g/mol. The van der Waals surface area contributed by atoms with Crippen LogP contribution in [0.25, 0.3) is 0 Å². The maximum Gasteiger partial charge on any atom is 0.243 e. The normalized spacial score (nSPS) is 17.8. The summed E-state index contributed by atoms with van der Waals surface area (Å²) in [6.07, 6.45) is 7.82. The van der Waals surface area contributed by atoms with E-state index in [0.29, 0.717) is 38.3 Å². The number of rotatable bonds is 7. The van der Waals surface area contributed by atoms with Gasteiger partial charge in [-0.25, -0.2) is 8.42 Å². The van der Waals surface area contributed by atoms with Crippen molar-refractivity contribution in [1.29, 1.82) is 5.26 Å². The number of allylic oxidation sites excluding steroid dienone is 2. The van der Waals surface area contributed by atoms with Gasteiger partial charge in [0, 0.05) is 31.9 Å². The molecular weight excluding hydrogens is 440 g/mol. The van der Waals surface area contributed by atoms with Crippen LogP contribution in [0.4, 0.5) is 0 Å². The summed E-state index contributed by atoms with van der Waals surface area (Å²) in [6, 6.07) is 11.6. The second-order valence-corrected chi connectivity index (χ2v) is 10.3. The maximum absolute atomic E-state index is 13.2. The maximum atomic E-state index is 13.2. The fraction of sp³-hybridized carbons (Fsp3) is 0.417. The molecule has 0 spiro atoms. The highest BCUT2D eigenvalue weighted by Crippen LogP contribution is 2.24. The molecule has 1 saturated heterocycles. The third kappa shape index (κ3) is 5.53. The quantitative estimate of drug-likeness (QED) is 0.620. The second kappa shape index (κ2) is 10.3. The lowest BCUT2D eigenvalue weighted by Gasteiger charge is -2.35. The molecule has 0 unspecified atom stereocenters. The number of nitrogens with zero attached hydrogens (tertiary/aromatic N) is 4. The molecule has 8 nitrogen and oxygen atoms in total. The fourth-order valence-corrected chi connectivity index (χ4v) is 5.65. The number of amides is 1. The van der Waals surface area contributed by atoms with Gasteiger partial charge in [-0.3, -0.25) is 9.69 Å². The van der Waals surface area contributed by atoms with Gasteiger partial charge in [0.25, 0.3) is 0 Å². The zero-order valence-corrected chi connectivity index (χ0v) is 19.3. The summed E-state index contributed by atoms with van der Waals surface area (Å²) in [5.41, 5.74) is 1.47. The van der Waals surface area contributed by atoms with E-state index < -0.39 is 10.0 Å². The summed E-state index contributed by atoms with van der Waals surface area (Å²) in [7, 11) is -3.63. The van der Waals surface area contributed by atoms with E-state index in [4.69, 9.17) is 9.68 Å². The zero-order chi connectivity index (χ0) is 23.3. The van der Waals surface area contributed by atoms with E-state index in [-0.39, 0.29) is 17.3 Å². The van der Waals surface area contributed by atoms with Crippen LogP contribution < -0.4 is 0 Å². The van der Waals surface area contributed by atoms with Crippen molar-refractivity contribution in [2.45, 2.75) is 37.1 Å². The topological polar surface area (TPSA) is 97.9 Å². The first-order chi connectivity index (χ1) is 16.0. The Morgan fingerprint density at radius 1 is 1.09 bits per heavy atom. The van der Waals surface area contributed by atoms with E-state index in [1.165, 1.54) is 28.6 Å². The van der Waals surface area contributed by atoms with Gasteiger partial charge in [-0.05, 0) is 62.1 Å². The molecule has 0 bridgehead atoms. The van der Waals surface area contributed by atoms with Crippen molar-refractivity contribution in [3.63, 3.8) is 0 Å². The predicted octanol–water partition coefficient (Wildman–Crippen LogP) is 2.94. The molecule has 174 valence electrons. The van der Waals surface area contributed by atoms with Crippen LogP contribution >= 0.6 is 0 Å². The Hall–Kier alpha value is -2.93. The van der Waals surface area contributed by atoms with E-state index >= 15 is 0 Å². The first-order valence-electron chi connectivity index (χ1n) is 11.2. The molecule has 0 radical (unpaired) electrons. The number of hydrogen-bond donors (Lipinski definition) is 0. The summed E-state index contributed by atoms with van der Waals surface area (Å²) in [5, 5.41) is 8.92. The SMILES string of the molecule is N#Cc1ccc(S(=O)(=O)N2CCN(CC(=O)N(Cc3ccco3)C3=CCCCC3)CC2)cc1. The van der Waals surface area contributed by atoms with Crippen LogP contribution in [0.1, 0.15) is 37.0 Å². The molecule has 1 aliphatic carbocycles. The molecule has 1 amide bonds. The van der Waals surface area contributed by atoms with Crippen molar-refractivity contribution in [2.75, 3.05) is 32.7 Å². The van der Waals surface area contributed by atoms with Gasteiger partial charge in [0.15, 0.2) is 0 Å². The standard InChI is InChI=1S/C24H28N4O4S/c25-17-20-8-10-23(11-9-20)33(30,31)27-14-12-26(13-15-27)19-24(29)28(18-22-7-4-16-32-22)21-5-2-1-3-6-21/h4-5,7-11,16H,1-3,6,12-15,18-19H2. The van der Waals surface area contributed by atoms with Crippen LogP contribution in [-0.2, 0) is 21.4 Å². The summed E-state index contributed by atoms with van der Waals surface area (Å²) >= 11 is 0. The van der Waals surface area contributed by atoms with E-state index in [1.54, 1.807) is 6.26 Å². The molecule has 33 heavy (non-hydrogen) atoms. The van der Waals surface area contributed by atoms with Crippen molar-refractivity contribution in [3.05, 3.63) is 65.8 Å². The van der Waals surface area contributed by atoms with Crippen LogP contribution in [0, 0.1) is 11.3 Å². The first-order valence-corrected chi connectivity index (χ1v) is 12.7. The number of furan rings is 1. The van der Waals surface area contributed by atoms with Gasteiger partial charge in [0.2, 0.25) is 15.9 Å². The Morgan fingerprint density at radius 2 is 1.85 bits per heavy atom. The third-order valence-corrected chi connectivity index (χ3v) is 8.03. The number of hydrogen-bond acceptors (Lipinski definition) is 6. The van der Waals surface area contributed by atoms with Crippen LogP contribution in [0.3, 0.4) is 0 Å². The number of carbonyl (C=O) groups is 1. The zero-order valence-electron chi connectivity index (χ0n) is 18.5. The lowest BCUT2D eigenvalue weighted by atomic mass is 10.0. The molecule has 4 rings (SSSR count). The molecule has 0 atom stereocenters. The Labute approximate surface area is 194 Å². The lowest BCUT2D eigenvalue weighted by Crippen LogP contribution is -2.51. The van der Waals surface area contributed by atoms with Gasteiger partial charge < -0.3 is 9.32 Å². The smallest absolute Gasteiger partial charge is 0.243 e. The van der Waals surface area contributed by atoms with Crippen molar-refractivity contribution < 1.29 is 17.6 Å². The molecule has 1 aromatic carbocycles. The van der Waals surface area contributed by atoms with Crippen molar-refractivity contribution >= 4 is 15.9 Å². The monoisotopic (exact) mass is 468 g/mol. The molecule has 2 aliphatic rings. The summed E-state index contributed by atoms with van der Waals surface area (Å²) < 4.78 is 32.8. The summed E-state index contributed by atoms with van der Waals surface area (Å²) in [6.45, 7) is 2.24. The molecule has 0 N–H and O–H groups in total. The van der Waals surface area contributed by atoms with Crippen LogP contribution in [0.15, 0.2) is 63.7 Å². The van der Waals surface area contributed by atoms with Gasteiger partial charge in [0.05, 0.1) is 35.9 Å². The second-order valence-electron chi connectivity index (χ2n) is 8.32. The minimum absolute atomic E-state index is 0.00273. The van der Waals surface area contributed by atoms with E-state index in [1.807, 2.05) is 28.0 Å². The molecule has 0 saturated carbocycles. The van der Waals surface area contributed by atoms with Crippen LogP contribution in [0.2, 0.25) is 0 Å². The van der Waals surface area contributed by atoms with Gasteiger partial charge >= 0.3 is 0 Å². The first kappa shape index (κ1) is 23.2. The van der Waals surface area contributed by atoms with Crippen molar-refractivity contribution in [3.8, 4) is 6.07 Å². The van der Waals surface area contributed by atoms with Crippen LogP contribution in [-0.4, -0.2) is 61.2 Å². The minimum atomic E-state index is -3.63. The van der Waals surface area contributed by atoms with Gasteiger partial charge in [-0.15, -0.1) is 0 Å². The Balaban J connectivity index is 1.38. The van der Waals surface area contributed by atoms with Crippen molar-refractivity contribution in [1.82, 2.24) is 14.1 Å². The highest BCUT2D eigenvalue weighted by atomic mass is 32.2. The molecule has 1 fully saturated rings. The molecule has 2 heterocycles. The largest absolute Gasteiger partial charge is 0.467 e. The third-order valence-electron chi connectivity index (χ3n) is 6.12. The van der Waals surface area contributed by atoms with Crippen molar-refractivity contribution in [2.24, 2.45) is 0 Å². The Morgan fingerprint density at radius 3 is 2.45 bits per heavy atom. The van der Waals surface area contributed by atoms with E-state index in [2.05, 4.69) is 6.08 Å². The summed E-state index contributed by atoms with van der Waals surface area (Å²) in [4.78, 5) is 17.2. The fourth-order valence-electron chi connectivity index (χ4n) is 4.23. The number of benzene rings is 1. The van der Waals surface area contributed by atoms with E-state index in [0.717, 1.165) is 37.1 Å². The Kier molecular flexibility index (Phi) is 7.28. The molecular formula is C24H28N4O4S. The Bertz CT molecular complexity index is 1130. The van der Waals surface area contributed by atoms with E-state index in [9.17, 15) is 13.2 Å². The van der Waals surface area contributed by atoms with Gasteiger partial charge in [0.1, 0.15) is 5.76 Å². The van der Waals surface area contributed by atoms with Gasteiger partial charge in [-0.1, -0.05) is 6.08 Å². The minimum Gasteiger partial charge on any atom is -0.467 e. The molecule has 9 heteroatoms. The molecule has 1 aromatic heterocycles. The number of carbonyl (C=O) groups excluding carboxylic acids is 1. The van der Waals surface area contributed by atoms with Crippen LogP contribution in [0.5, 0.6) is 0 Å². The lowest BCUT2D eigenvalue weighted by molar-refractivity contribution is -0.131. The number of nitriles is 1. The van der Waals surface area contributed by atoms with Gasteiger partial charge in [-0.2, -0.15) is 9.57 Å². The highest BCUT2D eigenvalue weighted by molar-refractivity contribution is 7.89. The number of sulfonamides is 1. The molecule has 1 aliphatic heterocycles. The number of piperazine rings is 1. The summed E-state index contributed by atoms with van der Waals surface area (Å²) in [5.74, 6) is 0.746. The molecule has 2 aromatic rings. The average Bonchev–Trinajstić information content (AvgIpc) is 3.37.